The first-order chi connectivity index (χ1) is 20.2. The zero-order valence-corrected chi connectivity index (χ0v) is 24.4. The Balaban J connectivity index is 1.51. The Bertz CT molecular complexity index is 1400. The molecule has 2 aromatic carbocycles. The molecule has 4 rings (SSSR count). The second-order valence-electron chi connectivity index (χ2n) is 11.8. The number of piperidine rings is 1. The van der Waals surface area contributed by atoms with Crippen LogP contribution in [-0.4, -0.2) is 56.6 Å². The van der Waals surface area contributed by atoms with Gasteiger partial charge in [0.25, 0.3) is 0 Å². The normalized spacial score (nSPS) is 15.2. The number of hydrogen-bond acceptors (Lipinski definition) is 6. The number of nitrogens with zero attached hydrogens (tertiary/aromatic N) is 4. The van der Waals surface area contributed by atoms with Crippen LogP contribution in [0.4, 0.5) is 35.3 Å². The van der Waals surface area contributed by atoms with Crippen LogP contribution in [0.3, 0.4) is 0 Å². The van der Waals surface area contributed by atoms with Crippen molar-refractivity contribution < 1.29 is 27.9 Å². The Morgan fingerprint density at radius 2 is 1.70 bits per heavy atom. The molecule has 1 aromatic heterocycles. The van der Waals surface area contributed by atoms with Crippen LogP contribution in [0.2, 0.25) is 0 Å². The quantitative estimate of drug-likeness (QED) is 0.268. The number of benzene rings is 2. The second kappa shape index (κ2) is 12.9. The van der Waals surface area contributed by atoms with Gasteiger partial charge in [0.2, 0.25) is 11.9 Å². The van der Waals surface area contributed by atoms with E-state index in [1.807, 2.05) is 32.9 Å². The van der Waals surface area contributed by atoms with E-state index in [2.05, 4.69) is 20.2 Å². The van der Waals surface area contributed by atoms with Crippen LogP contribution in [0.5, 0.6) is 0 Å². The van der Waals surface area contributed by atoms with Crippen molar-refractivity contribution in [2.45, 2.75) is 70.1 Å². The monoisotopic (exact) mass is 598 g/mol. The number of nitrogens with one attached hydrogen (secondary N) is 1. The summed E-state index contributed by atoms with van der Waals surface area (Å²) in [4.78, 5) is 35.6. The molecule has 1 unspecified atom stereocenters. The van der Waals surface area contributed by atoms with Crippen molar-refractivity contribution in [3.8, 4) is 0 Å². The highest BCUT2D eigenvalue weighted by Crippen LogP contribution is 2.37. The number of alkyl halides is 3. The van der Waals surface area contributed by atoms with E-state index in [1.54, 1.807) is 42.5 Å². The van der Waals surface area contributed by atoms with Crippen molar-refractivity contribution in [1.82, 2.24) is 14.9 Å². The predicted molar refractivity (Wildman–Crippen MR) is 158 cm³/mol. The van der Waals surface area contributed by atoms with Gasteiger partial charge in [-0.2, -0.15) is 13.2 Å². The number of carbonyl (C=O) groups excluding carboxylic acids is 1. The fourth-order valence-corrected chi connectivity index (χ4v) is 5.65. The summed E-state index contributed by atoms with van der Waals surface area (Å²) in [5.74, 6) is -1.66. The number of anilines is 3. The summed E-state index contributed by atoms with van der Waals surface area (Å²) >= 11 is 0. The number of nitrogens with two attached hydrogens (primary N) is 1. The summed E-state index contributed by atoms with van der Waals surface area (Å²) in [6, 6.07) is 16.2. The van der Waals surface area contributed by atoms with Gasteiger partial charge >= 0.3 is 12.3 Å². The second-order valence-corrected chi connectivity index (χ2v) is 11.8. The van der Waals surface area contributed by atoms with Gasteiger partial charge in [-0.15, -0.1) is 0 Å². The third-order valence-corrected chi connectivity index (χ3v) is 7.53. The molecule has 2 amide bonds. The lowest BCUT2D eigenvalue weighted by atomic mass is 9.90. The molecule has 0 aliphatic carbocycles. The smallest absolute Gasteiger partial charge is 0.419 e. The fourth-order valence-electron chi connectivity index (χ4n) is 5.65. The van der Waals surface area contributed by atoms with E-state index >= 15 is 0 Å². The van der Waals surface area contributed by atoms with Crippen molar-refractivity contribution >= 4 is 29.3 Å². The minimum atomic E-state index is -4.72. The molecule has 1 aliphatic rings. The van der Waals surface area contributed by atoms with Crippen LogP contribution in [0.25, 0.3) is 0 Å². The summed E-state index contributed by atoms with van der Waals surface area (Å²) in [5, 5.41) is 12.7. The van der Waals surface area contributed by atoms with Crippen LogP contribution >= 0.6 is 0 Å². The van der Waals surface area contributed by atoms with Gasteiger partial charge in [0.15, 0.2) is 0 Å². The van der Waals surface area contributed by atoms with Gasteiger partial charge in [-0.05, 0) is 69.9 Å². The van der Waals surface area contributed by atoms with E-state index in [9.17, 15) is 27.9 Å². The third-order valence-electron chi connectivity index (χ3n) is 7.53. The van der Waals surface area contributed by atoms with Gasteiger partial charge in [-0.25, -0.2) is 14.8 Å². The van der Waals surface area contributed by atoms with Crippen LogP contribution in [0.15, 0.2) is 60.8 Å². The van der Waals surface area contributed by atoms with Gasteiger partial charge in [-0.3, -0.25) is 4.79 Å². The average molecular weight is 599 g/mol. The maximum absolute atomic E-state index is 14.0. The van der Waals surface area contributed by atoms with Crippen molar-refractivity contribution in [3.63, 3.8) is 0 Å². The first-order valence-corrected chi connectivity index (χ1v) is 14.1. The molecular formula is C31H37F3N6O3. The number of carboxylic acid groups (broad SMARTS) is 1. The van der Waals surface area contributed by atoms with Crippen LogP contribution < -0.4 is 16.0 Å². The lowest BCUT2D eigenvalue weighted by molar-refractivity contribution is -0.139. The Labute approximate surface area is 248 Å². The van der Waals surface area contributed by atoms with Crippen molar-refractivity contribution in [3.05, 3.63) is 77.6 Å². The van der Waals surface area contributed by atoms with Crippen LogP contribution in [0, 0.1) is 0 Å². The molecule has 0 saturated carbocycles. The van der Waals surface area contributed by atoms with E-state index in [0.717, 1.165) is 17.4 Å². The molecule has 3 aromatic rings. The molecule has 230 valence electrons. The molecule has 2 heterocycles. The molecule has 1 aliphatic heterocycles. The molecule has 1 atom stereocenters. The first-order valence-electron chi connectivity index (χ1n) is 14.1. The van der Waals surface area contributed by atoms with Crippen molar-refractivity contribution in [1.29, 1.82) is 0 Å². The van der Waals surface area contributed by atoms with E-state index in [4.69, 9.17) is 5.73 Å². The number of halogens is 3. The summed E-state index contributed by atoms with van der Waals surface area (Å²) in [5.41, 5.74) is 5.90. The number of primary amides is 1. The number of amides is 2. The Morgan fingerprint density at radius 3 is 2.23 bits per heavy atom. The van der Waals surface area contributed by atoms with E-state index < -0.39 is 35.2 Å². The molecular weight excluding hydrogens is 561 g/mol. The molecule has 4 N–H and O–H groups in total. The predicted octanol–water partition coefficient (Wildman–Crippen LogP) is 6.19. The lowest BCUT2D eigenvalue weighted by Gasteiger charge is -2.44. The molecule has 0 spiro atoms. The van der Waals surface area contributed by atoms with E-state index in [1.165, 1.54) is 4.90 Å². The summed E-state index contributed by atoms with van der Waals surface area (Å²) in [7, 11) is 0. The molecule has 0 bridgehead atoms. The number of rotatable bonds is 9. The van der Waals surface area contributed by atoms with Gasteiger partial charge < -0.3 is 26.0 Å². The summed E-state index contributed by atoms with van der Waals surface area (Å²) in [6.45, 7) is 7.05. The average Bonchev–Trinajstić information content (AvgIpc) is 2.92. The molecule has 43 heavy (non-hydrogen) atoms. The maximum Gasteiger partial charge on any atom is 0.419 e. The van der Waals surface area contributed by atoms with E-state index in [-0.39, 0.29) is 30.5 Å². The van der Waals surface area contributed by atoms with Gasteiger partial charge in [0.05, 0.1) is 11.3 Å². The van der Waals surface area contributed by atoms with Crippen LogP contribution in [-0.2, 0) is 17.4 Å². The van der Waals surface area contributed by atoms with Gasteiger partial charge in [-0.1, -0.05) is 30.3 Å². The highest BCUT2D eigenvalue weighted by Gasteiger charge is 2.38. The molecule has 0 radical (unpaired) electrons. The van der Waals surface area contributed by atoms with Gasteiger partial charge in [0, 0.05) is 54.6 Å². The zero-order valence-electron chi connectivity index (χ0n) is 24.4. The highest BCUT2D eigenvalue weighted by atomic mass is 19.4. The standard InChI is InChI=1S/C31H37F3N6O3/c1-30(2,3)40(29(42)43)24-13-15-39(16-14-24)23-11-9-22(10-12-23)37-28-36-19-25(31(32,33)34)27(38-28)21(18-26(35)41)17-20-7-5-4-6-8-20/h4-12,19,21,24H,13-18H2,1-3H3,(H2,35,41)(H,42,43)(H,36,37,38). The number of aromatic nitrogens is 2. The number of carbonyl (C=O) groups is 2. The largest absolute Gasteiger partial charge is 0.465 e. The molecule has 12 heteroatoms. The topological polar surface area (TPSA) is 125 Å². The SMILES string of the molecule is CC(C)(C)N(C(=O)O)C1CCN(c2ccc(Nc3ncc(C(F)(F)F)c(C(CC(N)=O)Cc4ccccc4)n3)cc2)CC1. The fraction of sp³-hybridized carbons (Fsp3) is 0.419. The zero-order chi connectivity index (χ0) is 31.4. The van der Waals surface area contributed by atoms with E-state index in [0.29, 0.717) is 31.6 Å². The Morgan fingerprint density at radius 1 is 1.07 bits per heavy atom. The van der Waals surface area contributed by atoms with Crippen molar-refractivity contribution in [2.24, 2.45) is 5.73 Å². The molecule has 1 fully saturated rings. The summed E-state index contributed by atoms with van der Waals surface area (Å²) in [6.07, 6.45) is -3.67. The lowest BCUT2D eigenvalue weighted by Crippen LogP contribution is -2.54. The van der Waals surface area contributed by atoms with Crippen LogP contribution in [0.1, 0.15) is 62.8 Å². The number of hydrogen-bond donors (Lipinski definition) is 3. The van der Waals surface area contributed by atoms with Crippen molar-refractivity contribution in [2.75, 3.05) is 23.3 Å². The maximum atomic E-state index is 14.0. The minimum absolute atomic E-state index is 0.0324. The molecule has 1 saturated heterocycles. The highest BCUT2D eigenvalue weighted by molar-refractivity contribution is 5.75. The first kappa shape index (κ1) is 31.6. The molecule has 9 nitrogen and oxygen atoms in total. The Hall–Kier alpha value is -4.35. The minimum Gasteiger partial charge on any atom is -0.465 e. The third kappa shape index (κ3) is 8.14. The van der Waals surface area contributed by atoms with Gasteiger partial charge in [0.1, 0.15) is 0 Å². The summed E-state index contributed by atoms with van der Waals surface area (Å²) < 4.78 is 41.9. The Kier molecular flexibility index (Phi) is 9.46.